The first-order valence-corrected chi connectivity index (χ1v) is 12.4. The number of nitrogens with one attached hydrogen (secondary N) is 1. The van der Waals surface area contributed by atoms with Gasteiger partial charge in [0.25, 0.3) is 5.91 Å². The number of likely N-dealkylation sites (tertiary alicyclic amines) is 1. The molecule has 8 heteroatoms. The van der Waals surface area contributed by atoms with Gasteiger partial charge in [-0.1, -0.05) is 24.3 Å². The number of ether oxygens (including phenoxy) is 1. The molecule has 7 nitrogen and oxygen atoms in total. The largest absolute Gasteiger partial charge is 0.481 e. The van der Waals surface area contributed by atoms with Crippen LogP contribution >= 0.6 is 0 Å². The van der Waals surface area contributed by atoms with E-state index in [2.05, 4.69) is 16.3 Å². The minimum absolute atomic E-state index is 0.201. The summed E-state index contributed by atoms with van der Waals surface area (Å²) in [6, 6.07) is 14.8. The van der Waals surface area contributed by atoms with Crippen molar-refractivity contribution in [1.82, 2.24) is 10.2 Å². The predicted molar refractivity (Wildman–Crippen MR) is 123 cm³/mol. The fourth-order valence-corrected chi connectivity index (χ4v) is 4.08. The zero-order chi connectivity index (χ0) is 22.4. The Labute approximate surface area is 185 Å². The molecule has 168 valence electrons. The fraction of sp³-hybridized carbons (Fsp3) is 0.435. The van der Waals surface area contributed by atoms with Crippen LogP contribution in [0.2, 0.25) is 0 Å². The third kappa shape index (κ3) is 6.45. The lowest BCUT2D eigenvalue weighted by atomic mass is 10.1. The quantitative estimate of drug-likeness (QED) is 0.642. The van der Waals surface area contributed by atoms with Gasteiger partial charge in [0.05, 0.1) is 11.9 Å². The van der Waals surface area contributed by atoms with Crippen molar-refractivity contribution in [1.29, 1.82) is 0 Å². The van der Waals surface area contributed by atoms with Gasteiger partial charge in [0.1, 0.15) is 5.75 Å². The van der Waals surface area contributed by atoms with E-state index in [1.165, 1.54) is 29.8 Å². The molecule has 2 aromatic rings. The summed E-state index contributed by atoms with van der Waals surface area (Å²) in [7, 11) is -1.84. The van der Waals surface area contributed by atoms with Gasteiger partial charge in [-0.2, -0.15) is 0 Å². The Morgan fingerprint density at radius 1 is 1.10 bits per heavy atom. The average molecular weight is 446 g/mol. The molecule has 0 aliphatic carbocycles. The second kappa shape index (κ2) is 10.2. The van der Waals surface area contributed by atoms with Gasteiger partial charge in [0.15, 0.2) is 6.10 Å². The van der Waals surface area contributed by atoms with E-state index in [1.807, 2.05) is 18.2 Å². The van der Waals surface area contributed by atoms with Crippen molar-refractivity contribution < 1.29 is 17.9 Å². The maximum Gasteiger partial charge on any atom is 0.261 e. The molecule has 1 aliphatic rings. The van der Waals surface area contributed by atoms with E-state index in [9.17, 15) is 13.2 Å². The highest BCUT2D eigenvalue weighted by Crippen LogP contribution is 2.21. The Morgan fingerprint density at radius 3 is 2.32 bits per heavy atom. The molecule has 1 amide bonds. The number of carbonyl (C=O) groups is 1. The van der Waals surface area contributed by atoms with Crippen LogP contribution in [0.4, 0.5) is 5.69 Å². The monoisotopic (exact) mass is 445 g/mol. The van der Waals surface area contributed by atoms with Crippen molar-refractivity contribution in [3.8, 4) is 5.75 Å². The molecule has 1 fully saturated rings. The summed E-state index contributed by atoms with van der Waals surface area (Å²) in [5.41, 5.74) is 2.88. The first-order chi connectivity index (χ1) is 14.7. The number of hydrogen-bond donors (Lipinski definition) is 1. The Kier molecular flexibility index (Phi) is 7.56. The number of sulfonamides is 1. The van der Waals surface area contributed by atoms with Crippen molar-refractivity contribution in [2.24, 2.45) is 0 Å². The van der Waals surface area contributed by atoms with Crippen LogP contribution in [0.25, 0.3) is 0 Å². The van der Waals surface area contributed by atoms with E-state index < -0.39 is 16.1 Å². The lowest BCUT2D eigenvalue weighted by Gasteiger charge is -2.19. The van der Waals surface area contributed by atoms with Gasteiger partial charge in [-0.05, 0) is 68.2 Å². The number of carbonyl (C=O) groups excluding carboxylic acids is 1. The maximum atomic E-state index is 12.5. The van der Waals surface area contributed by atoms with E-state index in [0.717, 1.165) is 31.5 Å². The number of hydrogen-bond acceptors (Lipinski definition) is 5. The topological polar surface area (TPSA) is 78.9 Å². The van der Waals surface area contributed by atoms with Crippen LogP contribution in [0, 0.1) is 0 Å². The Morgan fingerprint density at radius 2 is 1.71 bits per heavy atom. The molecule has 31 heavy (non-hydrogen) atoms. The minimum atomic E-state index is -3.32. The van der Waals surface area contributed by atoms with Gasteiger partial charge in [0, 0.05) is 20.1 Å². The van der Waals surface area contributed by atoms with Crippen LogP contribution in [-0.4, -0.2) is 51.7 Å². The van der Waals surface area contributed by atoms with Crippen molar-refractivity contribution in [3.63, 3.8) is 0 Å². The normalized spacial score (nSPS) is 15.5. The number of anilines is 1. The summed E-state index contributed by atoms with van der Waals surface area (Å²) in [5, 5.41) is 2.96. The number of amides is 1. The molecule has 0 spiro atoms. The summed E-state index contributed by atoms with van der Waals surface area (Å²) in [6.07, 6.45) is 2.97. The second-order valence-electron chi connectivity index (χ2n) is 7.95. The van der Waals surface area contributed by atoms with E-state index >= 15 is 0 Å². The van der Waals surface area contributed by atoms with Gasteiger partial charge in [-0.25, -0.2) is 8.42 Å². The number of rotatable bonds is 9. The lowest BCUT2D eigenvalue weighted by Crippen LogP contribution is -2.36. The van der Waals surface area contributed by atoms with Crippen LogP contribution in [-0.2, 0) is 27.9 Å². The third-order valence-electron chi connectivity index (χ3n) is 5.54. The number of benzene rings is 2. The lowest BCUT2D eigenvalue weighted by molar-refractivity contribution is -0.127. The molecule has 0 bridgehead atoms. The predicted octanol–water partition coefficient (Wildman–Crippen LogP) is 2.76. The Balaban J connectivity index is 1.54. The second-order valence-corrected chi connectivity index (χ2v) is 9.97. The SMILES string of the molecule is CC(Oc1ccc(N(C)S(C)(=O)=O)cc1)C(=O)NCc1ccccc1CN1CCCC1. The molecule has 1 N–H and O–H groups in total. The molecule has 1 saturated heterocycles. The van der Waals surface area contributed by atoms with E-state index in [0.29, 0.717) is 18.0 Å². The summed E-state index contributed by atoms with van der Waals surface area (Å²) in [5.74, 6) is 0.302. The molecular weight excluding hydrogens is 414 g/mol. The van der Waals surface area contributed by atoms with Crippen LogP contribution < -0.4 is 14.4 Å². The van der Waals surface area contributed by atoms with Crippen molar-refractivity contribution in [3.05, 3.63) is 59.7 Å². The standard InChI is InChI=1S/C23H31N3O4S/c1-18(30-22-12-10-21(11-13-22)25(2)31(3,28)29)23(27)24-16-19-8-4-5-9-20(19)17-26-14-6-7-15-26/h4-5,8-13,18H,6-7,14-17H2,1-3H3,(H,24,27). The van der Waals surface area contributed by atoms with Crippen LogP contribution in [0.3, 0.4) is 0 Å². The molecule has 1 unspecified atom stereocenters. The van der Waals surface area contributed by atoms with Crippen LogP contribution in [0.1, 0.15) is 30.9 Å². The molecule has 1 heterocycles. The highest BCUT2D eigenvalue weighted by molar-refractivity contribution is 7.92. The maximum absolute atomic E-state index is 12.5. The van der Waals surface area contributed by atoms with E-state index in [-0.39, 0.29) is 5.91 Å². The van der Waals surface area contributed by atoms with E-state index in [4.69, 9.17) is 4.74 Å². The zero-order valence-electron chi connectivity index (χ0n) is 18.4. The average Bonchev–Trinajstić information content (AvgIpc) is 3.25. The molecule has 1 atom stereocenters. The summed E-state index contributed by atoms with van der Waals surface area (Å²) in [4.78, 5) is 15.0. The van der Waals surface area contributed by atoms with Crippen LogP contribution in [0.15, 0.2) is 48.5 Å². The first kappa shape index (κ1) is 23.1. The van der Waals surface area contributed by atoms with Gasteiger partial charge in [-0.3, -0.25) is 14.0 Å². The van der Waals surface area contributed by atoms with Gasteiger partial charge < -0.3 is 10.1 Å². The zero-order valence-corrected chi connectivity index (χ0v) is 19.2. The van der Waals surface area contributed by atoms with E-state index in [1.54, 1.807) is 31.2 Å². The highest BCUT2D eigenvalue weighted by Gasteiger charge is 2.17. The van der Waals surface area contributed by atoms with Crippen molar-refractivity contribution in [2.45, 2.75) is 39.0 Å². The first-order valence-electron chi connectivity index (χ1n) is 10.5. The molecule has 0 saturated carbocycles. The number of nitrogens with zero attached hydrogens (tertiary/aromatic N) is 2. The van der Waals surface area contributed by atoms with Crippen molar-refractivity contribution >= 4 is 21.6 Å². The molecule has 0 radical (unpaired) electrons. The third-order valence-corrected chi connectivity index (χ3v) is 6.75. The molecule has 1 aliphatic heterocycles. The molecule has 2 aromatic carbocycles. The minimum Gasteiger partial charge on any atom is -0.481 e. The molecular formula is C23H31N3O4S. The summed E-state index contributed by atoms with van der Waals surface area (Å²) in [6.45, 7) is 5.32. The molecule has 0 aromatic heterocycles. The Hall–Kier alpha value is -2.58. The smallest absolute Gasteiger partial charge is 0.261 e. The van der Waals surface area contributed by atoms with Gasteiger partial charge in [-0.15, -0.1) is 0 Å². The molecule has 3 rings (SSSR count). The van der Waals surface area contributed by atoms with Crippen LogP contribution in [0.5, 0.6) is 5.75 Å². The summed E-state index contributed by atoms with van der Waals surface area (Å²) < 4.78 is 30.2. The van der Waals surface area contributed by atoms with Gasteiger partial charge >= 0.3 is 0 Å². The fourth-order valence-electron chi connectivity index (χ4n) is 3.58. The van der Waals surface area contributed by atoms with Crippen molar-refractivity contribution in [2.75, 3.05) is 30.7 Å². The van der Waals surface area contributed by atoms with Gasteiger partial charge in [0.2, 0.25) is 10.0 Å². The Bertz CT molecular complexity index is 986. The summed E-state index contributed by atoms with van der Waals surface area (Å²) >= 11 is 0. The highest BCUT2D eigenvalue weighted by atomic mass is 32.2.